The predicted molar refractivity (Wildman–Crippen MR) is 160 cm³/mol. The number of likely N-dealkylation sites (tertiary alicyclic amines) is 1. The number of hydrogen-bond donors (Lipinski definition) is 1. The summed E-state index contributed by atoms with van der Waals surface area (Å²) in [6.45, 7) is 8.62. The summed E-state index contributed by atoms with van der Waals surface area (Å²) in [5.74, 6) is -0.958. The number of hydrogen-bond acceptors (Lipinski definition) is 8. The van der Waals surface area contributed by atoms with Crippen LogP contribution in [-0.4, -0.2) is 84.1 Å². The van der Waals surface area contributed by atoms with Crippen LogP contribution in [0.25, 0.3) is 10.8 Å². The number of carbonyl (C=O) groups is 1. The molecule has 0 saturated carbocycles. The van der Waals surface area contributed by atoms with Crippen molar-refractivity contribution in [1.29, 1.82) is 0 Å². The molecule has 2 saturated heterocycles. The average Bonchev–Trinajstić information content (AvgIpc) is 3.42. The van der Waals surface area contributed by atoms with Crippen molar-refractivity contribution in [2.45, 2.75) is 51.0 Å². The van der Waals surface area contributed by atoms with Crippen molar-refractivity contribution >= 4 is 22.5 Å². The van der Waals surface area contributed by atoms with Crippen molar-refractivity contribution in [3.8, 4) is 6.01 Å². The van der Waals surface area contributed by atoms with E-state index >= 15 is 0 Å². The summed E-state index contributed by atoms with van der Waals surface area (Å²) in [6, 6.07) is 13.0. The topological polar surface area (TPSA) is 97.0 Å². The molecule has 42 heavy (non-hydrogen) atoms. The molecule has 2 N–H and O–H groups in total. The molecular weight excluding hydrogens is 535 g/mol. The fraction of sp³-hybridized carbons (Fsp3) is 0.469. The van der Waals surface area contributed by atoms with E-state index in [4.69, 9.17) is 25.2 Å². The molecule has 3 aliphatic rings. The van der Waals surface area contributed by atoms with E-state index < -0.39 is 11.7 Å². The number of anilines is 1. The first-order valence-corrected chi connectivity index (χ1v) is 14.8. The molecule has 9 nitrogen and oxygen atoms in total. The van der Waals surface area contributed by atoms with E-state index in [1.807, 2.05) is 0 Å². The minimum atomic E-state index is -0.975. The Kier molecular flexibility index (Phi) is 8.11. The molecule has 1 amide bonds. The van der Waals surface area contributed by atoms with Gasteiger partial charge in [-0.3, -0.25) is 4.79 Å². The Balaban J connectivity index is 1.33. The fourth-order valence-corrected chi connectivity index (χ4v) is 6.62. The Labute approximate surface area is 246 Å². The highest BCUT2D eigenvalue weighted by Crippen LogP contribution is 2.38. The average molecular weight is 575 g/mol. The second-order valence-corrected chi connectivity index (χ2v) is 11.6. The van der Waals surface area contributed by atoms with Crippen LogP contribution >= 0.6 is 0 Å². The molecule has 0 spiro atoms. The van der Waals surface area contributed by atoms with Gasteiger partial charge in [-0.25, -0.2) is 4.39 Å². The van der Waals surface area contributed by atoms with Crippen LogP contribution in [-0.2, 0) is 22.6 Å². The van der Waals surface area contributed by atoms with Gasteiger partial charge in [0.2, 0.25) is 0 Å². The van der Waals surface area contributed by atoms with Crippen LogP contribution in [0.15, 0.2) is 48.8 Å². The summed E-state index contributed by atoms with van der Waals surface area (Å²) in [6.07, 6.45) is 2.65. The van der Waals surface area contributed by atoms with Crippen molar-refractivity contribution < 1.29 is 18.7 Å². The number of halogens is 1. The maximum Gasteiger partial charge on any atom is 0.318 e. The van der Waals surface area contributed by atoms with Crippen LogP contribution in [0, 0.1) is 6.92 Å². The number of aromatic nitrogens is 2. The van der Waals surface area contributed by atoms with Gasteiger partial charge in [0.05, 0.1) is 24.4 Å². The molecule has 1 aromatic heterocycles. The van der Waals surface area contributed by atoms with Gasteiger partial charge in [0.1, 0.15) is 12.4 Å². The second kappa shape index (κ2) is 11.9. The number of benzene rings is 2. The summed E-state index contributed by atoms with van der Waals surface area (Å²) in [7, 11) is 2.12. The molecule has 3 aromatic rings. The number of carbonyl (C=O) groups excluding carboxylic acids is 1. The Morgan fingerprint density at radius 2 is 1.98 bits per heavy atom. The highest BCUT2D eigenvalue weighted by Gasteiger charge is 2.35. The van der Waals surface area contributed by atoms with Crippen LogP contribution in [0.5, 0.6) is 6.01 Å². The molecule has 0 bridgehead atoms. The predicted octanol–water partition coefficient (Wildman–Crippen LogP) is 3.68. The Morgan fingerprint density at radius 3 is 2.71 bits per heavy atom. The van der Waals surface area contributed by atoms with Gasteiger partial charge < -0.3 is 29.9 Å². The molecular formula is C32H39FN6O3. The molecule has 6 rings (SSSR count). The number of amides is 1. The molecule has 222 valence electrons. The standard InChI is InChI=1S/C32H39FN6O3/c1-20-7-4-8-22-9-5-11-25(29(20)22)28-15-27-26(19-41-28)30(36-32(35-27)42-18-23-10-6-12-37(23)3)38-13-14-39(24(16-34)17-38)31(40)21(2)33/h4-5,7-9,11,23-24,28H,2,6,10,12-19,34H2,1,3H3/t23-,24-,28?/m0/s1. The van der Waals surface area contributed by atoms with E-state index in [9.17, 15) is 9.18 Å². The summed E-state index contributed by atoms with van der Waals surface area (Å²) in [5, 5.41) is 2.40. The minimum Gasteiger partial charge on any atom is -0.462 e. The first-order valence-electron chi connectivity index (χ1n) is 14.8. The van der Waals surface area contributed by atoms with Crippen LogP contribution in [0.1, 0.15) is 41.3 Å². The minimum absolute atomic E-state index is 0.166. The summed E-state index contributed by atoms with van der Waals surface area (Å²) >= 11 is 0. The zero-order valence-electron chi connectivity index (χ0n) is 24.4. The van der Waals surface area contributed by atoms with Crippen molar-refractivity contribution in [3.05, 3.63) is 71.2 Å². The molecule has 3 aliphatic heterocycles. The lowest BCUT2D eigenvalue weighted by Gasteiger charge is -2.42. The van der Waals surface area contributed by atoms with Gasteiger partial charge in [0, 0.05) is 44.2 Å². The van der Waals surface area contributed by atoms with Gasteiger partial charge in [-0.15, -0.1) is 0 Å². The molecule has 0 radical (unpaired) electrons. The molecule has 4 heterocycles. The van der Waals surface area contributed by atoms with E-state index in [0.717, 1.165) is 42.0 Å². The summed E-state index contributed by atoms with van der Waals surface area (Å²) in [5.41, 5.74) is 10.2. The van der Waals surface area contributed by atoms with Crippen LogP contribution in [0.2, 0.25) is 0 Å². The summed E-state index contributed by atoms with van der Waals surface area (Å²) < 4.78 is 26.5. The van der Waals surface area contributed by atoms with Crippen LogP contribution in [0.3, 0.4) is 0 Å². The largest absolute Gasteiger partial charge is 0.462 e. The number of fused-ring (bicyclic) bond motifs is 2. The van der Waals surface area contributed by atoms with E-state index in [-0.39, 0.29) is 18.7 Å². The lowest BCUT2D eigenvalue weighted by molar-refractivity contribution is -0.131. The molecule has 2 aromatic carbocycles. The van der Waals surface area contributed by atoms with E-state index in [2.05, 4.69) is 66.7 Å². The van der Waals surface area contributed by atoms with Crippen LogP contribution in [0.4, 0.5) is 10.2 Å². The maximum absolute atomic E-state index is 13.7. The Morgan fingerprint density at radius 1 is 1.17 bits per heavy atom. The van der Waals surface area contributed by atoms with Gasteiger partial charge >= 0.3 is 6.01 Å². The van der Waals surface area contributed by atoms with Crippen molar-refractivity contribution in [2.75, 3.05) is 51.3 Å². The number of ether oxygens (including phenoxy) is 2. The van der Waals surface area contributed by atoms with Gasteiger partial charge in [0.25, 0.3) is 5.91 Å². The third-order valence-corrected chi connectivity index (χ3v) is 8.97. The monoisotopic (exact) mass is 574 g/mol. The van der Waals surface area contributed by atoms with Crippen LogP contribution < -0.4 is 15.4 Å². The smallest absolute Gasteiger partial charge is 0.318 e. The third-order valence-electron chi connectivity index (χ3n) is 8.97. The molecule has 3 atom stereocenters. The number of likely N-dealkylation sites (N-methyl/N-ethyl adjacent to an activating group) is 1. The van der Waals surface area contributed by atoms with Gasteiger partial charge in [-0.05, 0) is 55.3 Å². The lowest BCUT2D eigenvalue weighted by Crippen LogP contribution is -2.58. The lowest BCUT2D eigenvalue weighted by atomic mass is 9.92. The van der Waals surface area contributed by atoms with Crippen molar-refractivity contribution in [3.63, 3.8) is 0 Å². The first kappa shape index (κ1) is 28.5. The van der Waals surface area contributed by atoms with Gasteiger partial charge in [0.15, 0.2) is 5.83 Å². The SMILES string of the molecule is C=C(F)C(=O)N1CCN(c2nc(OC[C@@H]3CCCN3C)nc3c2COC(c2cccc4cccc(C)c24)C3)C[C@@H]1CN. The van der Waals surface area contributed by atoms with E-state index in [0.29, 0.717) is 51.3 Å². The normalized spacial score (nSPS) is 22.8. The molecule has 1 unspecified atom stereocenters. The Hall–Kier alpha value is -3.60. The number of aryl methyl sites for hydroxylation is 1. The molecule has 0 aliphatic carbocycles. The second-order valence-electron chi connectivity index (χ2n) is 11.6. The first-order chi connectivity index (χ1) is 20.3. The summed E-state index contributed by atoms with van der Waals surface area (Å²) in [4.78, 5) is 28.1. The third kappa shape index (κ3) is 5.46. The number of rotatable bonds is 7. The van der Waals surface area contributed by atoms with Crippen molar-refractivity contribution in [2.24, 2.45) is 5.73 Å². The highest BCUT2D eigenvalue weighted by molar-refractivity contribution is 5.91. The number of nitrogens with two attached hydrogens (primary N) is 1. The van der Waals surface area contributed by atoms with Crippen molar-refractivity contribution in [1.82, 2.24) is 19.8 Å². The van der Waals surface area contributed by atoms with E-state index in [1.165, 1.54) is 21.2 Å². The van der Waals surface area contributed by atoms with Gasteiger partial charge in [-0.1, -0.05) is 43.0 Å². The highest BCUT2D eigenvalue weighted by atomic mass is 19.1. The number of nitrogens with zero attached hydrogens (tertiary/aromatic N) is 5. The zero-order chi connectivity index (χ0) is 29.4. The van der Waals surface area contributed by atoms with E-state index in [1.54, 1.807) is 0 Å². The quantitative estimate of drug-likeness (QED) is 0.427. The fourth-order valence-electron chi connectivity index (χ4n) is 6.62. The number of piperazine rings is 1. The zero-order valence-corrected chi connectivity index (χ0v) is 24.4. The Bertz CT molecular complexity index is 1490. The molecule has 2 fully saturated rings. The molecule has 10 heteroatoms. The maximum atomic E-state index is 13.7. The van der Waals surface area contributed by atoms with Gasteiger partial charge in [-0.2, -0.15) is 9.97 Å².